The molecule has 0 aromatic heterocycles. The van der Waals surface area contributed by atoms with Gasteiger partial charge >= 0.3 is 6.09 Å². The first-order chi connectivity index (χ1) is 12.2. The topological polar surface area (TPSA) is 41.6 Å². The molecule has 0 saturated carbocycles. The van der Waals surface area contributed by atoms with Gasteiger partial charge in [0.15, 0.2) is 0 Å². The van der Waals surface area contributed by atoms with E-state index >= 15 is 0 Å². The highest BCUT2D eigenvalue weighted by Gasteiger charge is 2.33. The number of benzene rings is 2. The van der Waals surface area contributed by atoms with Crippen LogP contribution in [0.4, 0.5) is 4.79 Å². The van der Waals surface area contributed by atoms with Crippen molar-refractivity contribution in [3.63, 3.8) is 0 Å². The van der Waals surface area contributed by atoms with Gasteiger partial charge < -0.3 is 15.0 Å². The molecule has 1 unspecified atom stereocenters. The van der Waals surface area contributed by atoms with Crippen LogP contribution in [0.15, 0.2) is 60.7 Å². The van der Waals surface area contributed by atoms with Gasteiger partial charge in [0.05, 0.1) is 6.04 Å². The van der Waals surface area contributed by atoms with E-state index in [-0.39, 0.29) is 18.2 Å². The Morgan fingerprint density at radius 1 is 1.12 bits per heavy atom. The van der Waals surface area contributed by atoms with E-state index in [2.05, 4.69) is 24.4 Å². The number of rotatable bonds is 6. The lowest BCUT2D eigenvalue weighted by Gasteiger charge is -2.29. The summed E-state index contributed by atoms with van der Waals surface area (Å²) in [6.45, 7) is 4.06. The van der Waals surface area contributed by atoms with E-state index in [1.54, 1.807) is 0 Å². The number of carbonyl (C=O) groups excluding carboxylic acids is 1. The first-order valence-electron chi connectivity index (χ1n) is 8.98. The summed E-state index contributed by atoms with van der Waals surface area (Å²) in [7, 11) is 0. The summed E-state index contributed by atoms with van der Waals surface area (Å²) in [5.41, 5.74) is 2.27. The van der Waals surface area contributed by atoms with Gasteiger partial charge in [-0.1, -0.05) is 60.7 Å². The molecule has 1 saturated heterocycles. The Morgan fingerprint density at radius 3 is 2.44 bits per heavy atom. The van der Waals surface area contributed by atoms with Crippen molar-refractivity contribution in [2.24, 2.45) is 0 Å². The van der Waals surface area contributed by atoms with Gasteiger partial charge in [0, 0.05) is 19.1 Å². The Morgan fingerprint density at radius 2 is 1.76 bits per heavy atom. The Kier molecular flexibility index (Phi) is 6.07. The van der Waals surface area contributed by atoms with Crippen molar-refractivity contribution in [1.29, 1.82) is 0 Å². The number of amides is 1. The summed E-state index contributed by atoms with van der Waals surface area (Å²) >= 11 is 0. The van der Waals surface area contributed by atoms with E-state index in [4.69, 9.17) is 4.74 Å². The van der Waals surface area contributed by atoms with Gasteiger partial charge in [-0.3, -0.25) is 0 Å². The first kappa shape index (κ1) is 17.5. The average Bonchev–Trinajstić information content (AvgIpc) is 3.16. The number of nitrogens with zero attached hydrogens (tertiary/aromatic N) is 1. The fourth-order valence-corrected chi connectivity index (χ4v) is 3.35. The molecule has 0 aliphatic carbocycles. The summed E-state index contributed by atoms with van der Waals surface area (Å²) in [4.78, 5) is 14.4. The molecule has 0 bridgehead atoms. The van der Waals surface area contributed by atoms with Crippen LogP contribution >= 0.6 is 0 Å². The second kappa shape index (κ2) is 8.67. The van der Waals surface area contributed by atoms with Crippen LogP contribution in [-0.2, 0) is 17.9 Å². The van der Waals surface area contributed by atoms with Gasteiger partial charge in [-0.25, -0.2) is 4.79 Å². The van der Waals surface area contributed by atoms with Crippen molar-refractivity contribution >= 4 is 6.09 Å². The third-order valence-electron chi connectivity index (χ3n) is 4.79. The zero-order valence-electron chi connectivity index (χ0n) is 14.7. The predicted molar refractivity (Wildman–Crippen MR) is 99.1 cm³/mol. The standard InChI is InChI=1S/C21H26N2O2/c1-17(22-15-18-9-4-2-5-10-18)20-13-8-14-23(20)21(24)25-16-19-11-6-3-7-12-19/h2-7,9-12,17,20,22H,8,13-16H2,1H3/t17?,20-/m0/s1. The highest BCUT2D eigenvalue weighted by atomic mass is 16.6. The van der Waals surface area contributed by atoms with Crippen molar-refractivity contribution in [2.45, 2.75) is 45.0 Å². The molecule has 2 atom stereocenters. The zero-order valence-corrected chi connectivity index (χ0v) is 14.7. The quantitative estimate of drug-likeness (QED) is 0.867. The van der Waals surface area contributed by atoms with Crippen LogP contribution in [0.5, 0.6) is 0 Å². The van der Waals surface area contributed by atoms with Gasteiger partial charge in [-0.15, -0.1) is 0 Å². The second-order valence-electron chi connectivity index (χ2n) is 6.60. The minimum atomic E-state index is -0.209. The number of ether oxygens (including phenoxy) is 1. The van der Waals surface area contributed by atoms with Crippen LogP contribution in [0.2, 0.25) is 0 Å². The molecule has 1 heterocycles. The van der Waals surface area contributed by atoms with E-state index in [0.29, 0.717) is 6.61 Å². The molecule has 1 aliphatic heterocycles. The van der Waals surface area contributed by atoms with E-state index in [9.17, 15) is 4.79 Å². The predicted octanol–water partition coefficient (Wildman–Crippen LogP) is 3.97. The van der Waals surface area contributed by atoms with Crippen LogP contribution in [0.1, 0.15) is 30.9 Å². The smallest absolute Gasteiger partial charge is 0.410 e. The first-order valence-corrected chi connectivity index (χ1v) is 8.98. The lowest BCUT2D eigenvalue weighted by Crippen LogP contribution is -2.47. The molecule has 25 heavy (non-hydrogen) atoms. The van der Waals surface area contributed by atoms with Crippen molar-refractivity contribution in [2.75, 3.05) is 6.54 Å². The second-order valence-corrected chi connectivity index (χ2v) is 6.60. The Hall–Kier alpha value is -2.33. The Bertz CT molecular complexity index is 660. The molecule has 2 aromatic rings. The highest BCUT2D eigenvalue weighted by Crippen LogP contribution is 2.22. The third-order valence-corrected chi connectivity index (χ3v) is 4.79. The van der Waals surface area contributed by atoms with Crippen molar-refractivity contribution in [3.8, 4) is 0 Å². The van der Waals surface area contributed by atoms with Crippen molar-refractivity contribution < 1.29 is 9.53 Å². The lowest BCUT2D eigenvalue weighted by atomic mass is 10.1. The Labute approximate surface area is 149 Å². The number of likely N-dealkylation sites (tertiary alicyclic amines) is 1. The molecule has 1 fully saturated rings. The van der Waals surface area contributed by atoms with E-state index in [0.717, 1.165) is 31.5 Å². The van der Waals surface area contributed by atoms with Gasteiger partial charge in [-0.05, 0) is 30.9 Å². The number of carbonyl (C=O) groups is 1. The van der Waals surface area contributed by atoms with E-state index < -0.39 is 0 Å². The maximum absolute atomic E-state index is 12.5. The summed E-state index contributed by atoms with van der Waals surface area (Å²) < 4.78 is 5.51. The molecule has 1 aliphatic rings. The fourth-order valence-electron chi connectivity index (χ4n) is 3.35. The summed E-state index contributed by atoms with van der Waals surface area (Å²) in [5, 5.41) is 3.55. The van der Waals surface area contributed by atoms with Gasteiger partial charge in [0.1, 0.15) is 6.61 Å². The van der Waals surface area contributed by atoms with Crippen LogP contribution in [-0.4, -0.2) is 29.6 Å². The molecule has 1 amide bonds. The molecule has 0 spiro atoms. The van der Waals surface area contributed by atoms with Gasteiger partial charge in [0.25, 0.3) is 0 Å². The third kappa shape index (κ3) is 4.83. The molecular weight excluding hydrogens is 312 g/mol. The van der Waals surface area contributed by atoms with Crippen molar-refractivity contribution in [1.82, 2.24) is 10.2 Å². The molecule has 3 rings (SSSR count). The fraction of sp³-hybridized carbons (Fsp3) is 0.381. The summed E-state index contributed by atoms with van der Waals surface area (Å²) in [6.07, 6.45) is 1.84. The normalized spacial score (nSPS) is 18.1. The highest BCUT2D eigenvalue weighted by molar-refractivity contribution is 5.68. The summed E-state index contributed by atoms with van der Waals surface area (Å²) in [5.74, 6) is 0. The monoisotopic (exact) mass is 338 g/mol. The van der Waals surface area contributed by atoms with Gasteiger partial charge in [-0.2, -0.15) is 0 Å². The van der Waals surface area contributed by atoms with Crippen LogP contribution in [0.3, 0.4) is 0 Å². The minimum Gasteiger partial charge on any atom is -0.445 e. The SMILES string of the molecule is CC(NCc1ccccc1)[C@@H]1CCCN1C(=O)OCc1ccccc1. The lowest BCUT2D eigenvalue weighted by molar-refractivity contribution is 0.0865. The maximum atomic E-state index is 12.5. The zero-order chi connectivity index (χ0) is 17.5. The molecule has 132 valence electrons. The molecule has 0 radical (unpaired) electrons. The number of hydrogen-bond donors (Lipinski definition) is 1. The van der Waals surface area contributed by atoms with Gasteiger partial charge in [0.2, 0.25) is 0 Å². The maximum Gasteiger partial charge on any atom is 0.410 e. The van der Waals surface area contributed by atoms with Crippen LogP contribution in [0, 0.1) is 0 Å². The molecule has 4 heteroatoms. The minimum absolute atomic E-state index is 0.187. The molecule has 4 nitrogen and oxygen atoms in total. The summed E-state index contributed by atoms with van der Waals surface area (Å²) in [6, 6.07) is 20.6. The number of hydrogen-bond acceptors (Lipinski definition) is 3. The van der Waals surface area contributed by atoms with E-state index in [1.807, 2.05) is 53.4 Å². The molecule has 2 aromatic carbocycles. The largest absolute Gasteiger partial charge is 0.445 e. The van der Waals surface area contributed by atoms with Crippen molar-refractivity contribution in [3.05, 3.63) is 71.8 Å². The Balaban J connectivity index is 1.51. The van der Waals surface area contributed by atoms with Crippen LogP contribution in [0.25, 0.3) is 0 Å². The average molecular weight is 338 g/mol. The van der Waals surface area contributed by atoms with E-state index in [1.165, 1.54) is 5.56 Å². The molecular formula is C21H26N2O2. The molecule has 1 N–H and O–H groups in total. The number of nitrogens with one attached hydrogen (secondary N) is 1. The van der Waals surface area contributed by atoms with Crippen LogP contribution < -0.4 is 5.32 Å².